The van der Waals surface area contributed by atoms with Crippen molar-refractivity contribution in [3.8, 4) is 11.1 Å². The number of anilines is 2. The lowest BCUT2D eigenvalue weighted by molar-refractivity contribution is -0.114. The van der Waals surface area contributed by atoms with Crippen LogP contribution in [0.25, 0.3) is 11.1 Å². The van der Waals surface area contributed by atoms with Crippen LogP contribution in [-0.4, -0.2) is 74.2 Å². The molecule has 0 spiro atoms. The summed E-state index contributed by atoms with van der Waals surface area (Å²) in [6.07, 6.45) is 3.11. The lowest BCUT2D eigenvalue weighted by Crippen LogP contribution is -2.48. The Bertz CT molecular complexity index is 1020. The minimum atomic E-state index is -0.0754. The number of benzene rings is 2. The molecule has 2 aliphatic rings. The summed E-state index contributed by atoms with van der Waals surface area (Å²) >= 11 is 0. The third-order valence-corrected chi connectivity index (χ3v) is 6.57. The number of morpholine rings is 1. The molecule has 0 atom stereocenters. The van der Waals surface area contributed by atoms with Crippen LogP contribution in [0.2, 0.25) is 0 Å². The zero-order valence-electron chi connectivity index (χ0n) is 20.7. The molecule has 0 aliphatic carbocycles. The number of urea groups is 1. The first kappa shape index (κ1) is 25.0. The fraction of sp³-hybridized carbons (Fsp3) is 0.481. The lowest BCUT2D eigenvalue weighted by Gasteiger charge is -2.33. The van der Waals surface area contributed by atoms with Crippen LogP contribution < -0.4 is 16.0 Å². The van der Waals surface area contributed by atoms with E-state index in [1.807, 2.05) is 15.9 Å². The van der Waals surface area contributed by atoms with E-state index in [-0.39, 0.29) is 11.9 Å². The Morgan fingerprint density at radius 2 is 1.77 bits per heavy atom. The van der Waals surface area contributed by atoms with Gasteiger partial charge in [0.15, 0.2) is 0 Å². The first-order valence-corrected chi connectivity index (χ1v) is 12.6. The molecule has 8 heteroatoms. The van der Waals surface area contributed by atoms with E-state index in [0.717, 1.165) is 47.6 Å². The average Bonchev–Trinajstić information content (AvgIpc) is 3.41. The number of carbonyl (C=O) groups is 2. The number of nitrogens with zero attached hydrogens (tertiary/aromatic N) is 3. The van der Waals surface area contributed by atoms with E-state index in [0.29, 0.717) is 45.9 Å². The number of hydrogen-bond acceptors (Lipinski definition) is 5. The van der Waals surface area contributed by atoms with Gasteiger partial charge in [0.05, 0.1) is 24.6 Å². The van der Waals surface area contributed by atoms with Crippen LogP contribution in [0.15, 0.2) is 42.5 Å². The van der Waals surface area contributed by atoms with Crippen molar-refractivity contribution < 1.29 is 14.3 Å². The highest BCUT2D eigenvalue weighted by atomic mass is 16.5. The molecule has 2 aliphatic heterocycles. The molecule has 0 saturated carbocycles. The van der Waals surface area contributed by atoms with Crippen molar-refractivity contribution in [2.24, 2.45) is 5.73 Å². The number of ether oxygens (including phenoxy) is 1. The number of carbonyl (C=O) groups excluding carboxylic acids is 2. The maximum atomic E-state index is 13.2. The third-order valence-electron chi connectivity index (χ3n) is 6.57. The van der Waals surface area contributed by atoms with Crippen LogP contribution in [0, 0.1) is 0 Å². The third kappa shape index (κ3) is 6.52. The van der Waals surface area contributed by atoms with Gasteiger partial charge >= 0.3 is 6.03 Å². The van der Waals surface area contributed by atoms with E-state index in [4.69, 9.17) is 10.5 Å². The van der Waals surface area contributed by atoms with E-state index in [1.165, 1.54) is 12.8 Å². The molecule has 2 fully saturated rings. The summed E-state index contributed by atoms with van der Waals surface area (Å²) in [4.78, 5) is 31.2. The number of nitrogens with one attached hydrogen (secondary N) is 1. The molecule has 8 nitrogen and oxygen atoms in total. The number of nitrogens with two attached hydrogens (primary N) is 1. The molecule has 3 amide bonds. The Labute approximate surface area is 208 Å². The molecule has 4 rings (SSSR count). The van der Waals surface area contributed by atoms with Crippen molar-refractivity contribution >= 4 is 23.3 Å². The molecular formula is C27H37N5O3. The maximum Gasteiger partial charge on any atom is 0.320 e. The van der Waals surface area contributed by atoms with Crippen molar-refractivity contribution in [2.75, 3.05) is 62.7 Å². The second-order valence-electron chi connectivity index (χ2n) is 9.25. The summed E-state index contributed by atoms with van der Waals surface area (Å²) < 4.78 is 5.41. The normalized spacial score (nSPS) is 15.8. The predicted molar refractivity (Wildman–Crippen MR) is 139 cm³/mol. The Morgan fingerprint density at radius 3 is 2.49 bits per heavy atom. The van der Waals surface area contributed by atoms with Gasteiger partial charge in [-0.25, -0.2) is 4.79 Å². The fourth-order valence-electron chi connectivity index (χ4n) is 4.79. The summed E-state index contributed by atoms with van der Waals surface area (Å²) in [5.74, 6) is -0.0754. The minimum Gasteiger partial charge on any atom is -0.378 e. The molecular weight excluding hydrogens is 442 g/mol. The topological polar surface area (TPSA) is 91.1 Å². The highest BCUT2D eigenvalue weighted by molar-refractivity contribution is 5.94. The summed E-state index contributed by atoms with van der Waals surface area (Å²) in [7, 11) is 0. The van der Waals surface area contributed by atoms with Crippen LogP contribution >= 0.6 is 0 Å². The van der Waals surface area contributed by atoms with Crippen LogP contribution in [0.4, 0.5) is 16.2 Å². The number of rotatable bonds is 8. The molecule has 2 saturated heterocycles. The SMILES string of the molecule is CC(=O)Nc1cc(-c2cccc(CN(CCCN)C(=O)N3CCOCC3)c2)ccc1N1CCCC1. The van der Waals surface area contributed by atoms with E-state index in [9.17, 15) is 9.59 Å². The first-order valence-electron chi connectivity index (χ1n) is 12.6. The van der Waals surface area contributed by atoms with Gasteiger partial charge in [-0.3, -0.25) is 4.79 Å². The molecule has 3 N–H and O–H groups in total. The highest BCUT2D eigenvalue weighted by Gasteiger charge is 2.23. The smallest absolute Gasteiger partial charge is 0.320 e. The van der Waals surface area contributed by atoms with Crippen molar-refractivity contribution in [1.82, 2.24) is 9.80 Å². The van der Waals surface area contributed by atoms with Gasteiger partial charge in [-0.2, -0.15) is 0 Å². The molecule has 35 heavy (non-hydrogen) atoms. The van der Waals surface area contributed by atoms with Gasteiger partial charge in [0, 0.05) is 46.2 Å². The standard InChI is InChI=1S/C27H37N5O3/c1-21(33)29-25-19-24(8-9-26(25)30-11-2-3-12-30)23-7-4-6-22(18-23)20-32(13-5-10-28)27(34)31-14-16-35-17-15-31/h4,6-9,18-19H,2-3,5,10-17,20,28H2,1H3,(H,29,33). The molecule has 0 aromatic heterocycles. The highest BCUT2D eigenvalue weighted by Crippen LogP contribution is 2.34. The number of amides is 3. The molecule has 188 valence electrons. The first-order chi connectivity index (χ1) is 17.0. The summed E-state index contributed by atoms with van der Waals surface area (Å²) in [5, 5.41) is 3.02. The van der Waals surface area contributed by atoms with Gasteiger partial charge in [0.1, 0.15) is 0 Å². The largest absolute Gasteiger partial charge is 0.378 e. The van der Waals surface area contributed by atoms with Crippen molar-refractivity contribution in [2.45, 2.75) is 32.7 Å². The van der Waals surface area contributed by atoms with E-state index in [1.54, 1.807) is 6.92 Å². The van der Waals surface area contributed by atoms with Crippen molar-refractivity contribution in [3.63, 3.8) is 0 Å². The van der Waals surface area contributed by atoms with E-state index < -0.39 is 0 Å². The lowest BCUT2D eigenvalue weighted by atomic mass is 10.0. The zero-order chi connectivity index (χ0) is 24.6. The van der Waals surface area contributed by atoms with Crippen LogP contribution in [0.3, 0.4) is 0 Å². The fourth-order valence-corrected chi connectivity index (χ4v) is 4.79. The Balaban J connectivity index is 1.56. The zero-order valence-corrected chi connectivity index (χ0v) is 20.7. The molecule has 0 unspecified atom stereocenters. The van der Waals surface area contributed by atoms with Crippen molar-refractivity contribution in [1.29, 1.82) is 0 Å². The Kier molecular flexibility index (Phi) is 8.60. The summed E-state index contributed by atoms with van der Waals surface area (Å²) in [6.45, 7) is 7.65. The number of hydrogen-bond donors (Lipinski definition) is 2. The molecule has 2 heterocycles. The second kappa shape index (κ2) is 12.0. The minimum absolute atomic E-state index is 0.0371. The predicted octanol–water partition coefficient (Wildman–Crippen LogP) is 3.52. The van der Waals surface area contributed by atoms with E-state index in [2.05, 4.69) is 46.6 Å². The van der Waals surface area contributed by atoms with Gasteiger partial charge in [-0.15, -0.1) is 0 Å². The van der Waals surface area contributed by atoms with Gasteiger partial charge in [0.25, 0.3) is 0 Å². The quantitative estimate of drug-likeness (QED) is 0.605. The van der Waals surface area contributed by atoms with Gasteiger partial charge in [-0.1, -0.05) is 24.3 Å². The summed E-state index contributed by atoms with van der Waals surface area (Å²) in [5.41, 5.74) is 10.8. The van der Waals surface area contributed by atoms with E-state index >= 15 is 0 Å². The van der Waals surface area contributed by atoms with Gasteiger partial charge < -0.3 is 30.5 Å². The maximum absolute atomic E-state index is 13.2. The Hall–Kier alpha value is -3.10. The molecule has 2 aromatic carbocycles. The van der Waals surface area contributed by atoms with Crippen LogP contribution in [-0.2, 0) is 16.1 Å². The van der Waals surface area contributed by atoms with Crippen LogP contribution in [0.1, 0.15) is 31.7 Å². The van der Waals surface area contributed by atoms with Gasteiger partial charge in [-0.05, 0) is 60.7 Å². The van der Waals surface area contributed by atoms with Crippen LogP contribution in [0.5, 0.6) is 0 Å². The molecule has 0 radical (unpaired) electrons. The monoisotopic (exact) mass is 479 g/mol. The molecule has 2 aromatic rings. The second-order valence-corrected chi connectivity index (χ2v) is 9.25. The Morgan fingerprint density at radius 1 is 1.03 bits per heavy atom. The van der Waals surface area contributed by atoms with Gasteiger partial charge in [0.2, 0.25) is 5.91 Å². The summed E-state index contributed by atoms with van der Waals surface area (Å²) in [6, 6.07) is 14.6. The van der Waals surface area contributed by atoms with Crippen molar-refractivity contribution in [3.05, 3.63) is 48.0 Å². The average molecular weight is 480 g/mol. The molecule has 0 bridgehead atoms.